The molecule has 0 saturated carbocycles. The van der Waals surface area contributed by atoms with Crippen molar-refractivity contribution in [1.29, 1.82) is 0 Å². The first kappa shape index (κ1) is 22.8. The van der Waals surface area contributed by atoms with Gasteiger partial charge in [0.25, 0.3) is 5.56 Å². The summed E-state index contributed by atoms with van der Waals surface area (Å²) >= 11 is 12.5. The van der Waals surface area contributed by atoms with E-state index in [-0.39, 0.29) is 5.56 Å². The summed E-state index contributed by atoms with van der Waals surface area (Å²) in [4.78, 5) is 22.1. The molecule has 172 valence electrons. The van der Waals surface area contributed by atoms with Gasteiger partial charge in [-0.1, -0.05) is 29.3 Å². The number of halogens is 2. The van der Waals surface area contributed by atoms with Crippen molar-refractivity contribution in [3.05, 3.63) is 68.1 Å². The molecule has 0 amide bonds. The Bertz CT molecular complexity index is 1280. The molecule has 11 heteroatoms. The molecule has 0 bridgehead atoms. The lowest BCUT2D eigenvalue weighted by molar-refractivity contribution is 0.323. The predicted octanol–water partition coefficient (Wildman–Crippen LogP) is 4.32. The molecule has 9 nitrogen and oxygen atoms in total. The highest BCUT2D eigenvalue weighted by molar-refractivity contribution is 6.44. The van der Waals surface area contributed by atoms with Crippen molar-refractivity contribution in [2.75, 3.05) is 32.0 Å². The van der Waals surface area contributed by atoms with Crippen molar-refractivity contribution < 1.29 is 14.2 Å². The smallest absolute Gasteiger partial charge is 0.257 e. The van der Waals surface area contributed by atoms with Crippen LogP contribution in [0.5, 0.6) is 17.2 Å². The third-order valence-electron chi connectivity index (χ3n) is 5.00. The monoisotopic (exact) mass is 489 g/mol. The summed E-state index contributed by atoms with van der Waals surface area (Å²) in [5.41, 5.74) is 1.45. The van der Waals surface area contributed by atoms with Gasteiger partial charge in [-0.05, 0) is 31.2 Å². The van der Waals surface area contributed by atoms with Gasteiger partial charge in [-0.15, -0.1) is 0 Å². The molecule has 1 aromatic heterocycles. The van der Waals surface area contributed by atoms with Crippen molar-refractivity contribution in [3.8, 4) is 17.2 Å². The van der Waals surface area contributed by atoms with E-state index in [1.165, 1.54) is 32.0 Å². The lowest BCUT2D eigenvalue weighted by Crippen LogP contribution is -2.37. The van der Waals surface area contributed by atoms with Crippen LogP contribution in [-0.2, 0) is 0 Å². The minimum Gasteiger partial charge on any atom is -0.493 e. The fraction of sp³-hybridized carbons (Fsp3) is 0.227. The summed E-state index contributed by atoms with van der Waals surface area (Å²) < 4.78 is 17.8. The number of nitrogens with zero attached hydrogens (tertiary/aromatic N) is 3. The Balaban J connectivity index is 1.88. The minimum absolute atomic E-state index is 0.271. The van der Waals surface area contributed by atoms with Gasteiger partial charge < -0.3 is 19.5 Å². The van der Waals surface area contributed by atoms with Crippen LogP contribution in [0, 0.1) is 6.92 Å². The molecule has 0 saturated heterocycles. The maximum absolute atomic E-state index is 12.9. The summed E-state index contributed by atoms with van der Waals surface area (Å²) in [6.45, 7) is 1.74. The maximum Gasteiger partial charge on any atom is 0.257 e. The zero-order valence-corrected chi connectivity index (χ0v) is 19.8. The number of aliphatic imine (C=N–C) groups is 1. The van der Waals surface area contributed by atoms with E-state index in [2.05, 4.69) is 15.6 Å². The van der Waals surface area contributed by atoms with Crippen molar-refractivity contribution in [2.24, 2.45) is 4.99 Å². The van der Waals surface area contributed by atoms with E-state index in [4.69, 9.17) is 42.4 Å². The van der Waals surface area contributed by atoms with E-state index >= 15 is 0 Å². The van der Waals surface area contributed by atoms with E-state index in [1.54, 1.807) is 37.3 Å². The summed E-state index contributed by atoms with van der Waals surface area (Å²) in [5.74, 6) is 1.94. The van der Waals surface area contributed by atoms with Crippen LogP contribution in [0.4, 0.5) is 11.6 Å². The van der Waals surface area contributed by atoms with Crippen LogP contribution in [-0.4, -0.2) is 36.8 Å². The number of aryl methyl sites for hydroxylation is 1. The fourth-order valence-corrected chi connectivity index (χ4v) is 3.86. The molecule has 4 rings (SSSR count). The molecule has 33 heavy (non-hydrogen) atoms. The molecule has 1 atom stereocenters. The van der Waals surface area contributed by atoms with Gasteiger partial charge in [0.2, 0.25) is 17.7 Å². The Morgan fingerprint density at radius 3 is 2.39 bits per heavy atom. The highest BCUT2D eigenvalue weighted by atomic mass is 35.5. The van der Waals surface area contributed by atoms with Crippen LogP contribution in [0.1, 0.15) is 17.4 Å². The Labute approximate surface area is 199 Å². The molecule has 0 unspecified atom stereocenters. The van der Waals surface area contributed by atoms with Gasteiger partial charge in [0.15, 0.2) is 17.7 Å². The number of hydrogen-bond donors (Lipinski definition) is 2. The number of methoxy groups -OCH3 is 3. The summed E-state index contributed by atoms with van der Waals surface area (Å²) in [6.07, 6.45) is -0.781. The first-order valence-corrected chi connectivity index (χ1v) is 10.6. The highest BCUT2D eigenvalue weighted by Crippen LogP contribution is 2.41. The number of nitrogens with one attached hydrogen (secondary N) is 2. The lowest BCUT2D eigenvalue weighted by atomic mass is 10.1. The molecule has 2 N–H and O–H groups in total. The average Bonchev–Trinajstić information content (AvgIpc) is 2.80. The van der Waals surface area contributed by atoms with Crippen LogP contribution in [0.3, 0.4) is 0 Å². The topological polar surface area (TPSA) is 99.0 Å². The minimum atomic E-state index is -0.781. The van der Waals surface area contributed by atoms with Gasteiger partial charge in [0, 0.05) is 17.3 Å². The molecule has 1 aliphatic rings. The van der Waals surface area contributed by atoms with Crippen LogP contribution in [0.25, 0.3) is 0 Å². The third-order valence-corrected chi connectivity index (χ3v) is 5.82. The predicted molar refractivity (Wildman–Crippen MR) is 129 cm³/mol. The number of hydrogen-bond acceptors (Lipinski definition) is 8. The number of fused-ring (bicyclic) bond motifs is 1. The summed E-state index contributed by atoms with van der Waals surface area (Å²) in [7, 11) is 4.56. The summed E-state index contributed by atoms with van der Waals surface area (Å²) in [6, 6.07) is 10.1. The fourth-order valence-electron chi connectivity index (χ4n) is 3.51. The van der Waals surface area contributed by atoms with Gasteiger partial charge in [-0.2, -0.15) is 0 Å². The Morgan fingerprint density at radius 2 is 1.76 bits per heavy atom. The molecule has 1 aliphatic heterocycles. The molecule has 3 aromatic rings. The molecule has 0 fully saturated rings. The number of anilines is 2. The maximum atomic E-state index is 12.9. The van der Waals surface area contributed by atoms with Gasteiger partial charge in [-0.3, -0.25) is 14.7 Å². The van der Waals surface area contributed by atoms with Gasteiger partial charge in [0.1, 0.15) is 0 Å². The standard InChI is InChI=1S/C22H21Cl2N5O4/c1-11-8-17(30)29-20(12-9-15(31-2)19(33-4)16(10-12)32-3)27-21(28-22(29)25-11)26-14-7-5-6-13(23)18(14)24/h5-10,20H,1-4H3,(H2,25,26,27,28)/t20-/m0/s1. The van der Waals surface area contributed by atoms with Gasteiger partial charge >= 0.3 is 0 Å². The normalized spacial score (nSPS) is 14.6. The van der Waals surface area contributed by atoms with Crippen LogP contribution in [0.15, 0.2) is 46.2 Å². The number of ether oxygens (including phenoxy) is 3. The summed E-state index contributed by atoms with van der Waals surface area (Å²) in [5, 5.41) is 6.92. The van der Waals surface area contributed by atoms with Crippen LogP contribution >= 0.6 is 23.2 Å². The molecule has 0 spiro atoms. The first-order chi connectivity index (χ1) is 15.9. The van der Waals surface area contributed by atoms with Gasteiger partial charge in [0.05, 0.1) is 37.1 Å². The van der Waals surface area contributed by atoms with E-state index < -0.39 is 6.17 Å². The molecule has 2 heterocycles. The zero-order chi connectivity index (χ0) is 23.7. The molecule has 0 aliphatic carbocycles. The van der Waals surface area contributed by atoms with E-state index in [0.717, 1.165) is 0 Å². The Morgan fingerprint density at radius 1 is 1.06 bits per heavy atom. The Hall–Kier alpha value is -3.43. The third kappa shape index (κ3) is 4.29. The largest absolute Gasteiger partial charge is 0.493 e. The quantitative estimate of drug-likeness (QED) is 0.550. The van der Waals surface area contributed by atoms with Gasteiger partial charge in [-0.25, -0.2) is 9.98 Å². The number of benzene rings is 2. The number of guanidine groups is 1. The average molecular weight is 490 g/mol. The Kier molecular flexibility index (Phi) is 6.35. The molecular weight excluding hydrogens is 469 g/mol. The van der Waals surface area contributed by atoms with E-state index in [1.807, 2.05) is 0 Å². The lowest BCUT2D eigenvalue weighted by Gasteiger charge is -2.28. The first-order valence-electron chi connectivity index (χ1n) is 9.82. The molecule has 2 aromatic carbocycles. The van der Waals surface area contributed by atoms with Crippen LogP contribution < -0.4 is 30.4 Å². The zero-order valence-electron chi connectivity index (χ0n) is 18.3. The van der Waals surface area contributed by atoms with Crippen molar-refractivity contribution in [2.45, 2.75) is 13.1 Å². The van der Waals surface area contributed by atoms with Crippen molar-refractivity contribution >= 4 is 40.8 Å². The molecule has 0 radical (unpaired) electrons. The van der Waals surface area contributed by atoms with Crippen molar-refractivity contribution in [3.63, 3.8) is 0 Å². The number of rotatable bonds is 5. The SMILES string of the molecule is COc1cc([C@H]2N=C(Nc3cccc(Cl)c3Cl)Nc3nc(C)cc(=O)n32)cc(OC)c1OC. The highest BCUT2D eigenvalue weighted by Gasteiger charge is 2.28. The second kappa shape index (κ2) is 9.21. The van der Waals surface area contributed by atoms with Crippen LogP contribution in [0.2, 0.25) is 10.0 Å². The number of aromatic nitrogens is 2. The second-order valence-corrected chi connectivity index (χ2v) is 7.88. The van der Waals surface area contributed by atoms with E-state index in [0.29, 0.717) is 56.1 Å². The van der Waals surface area contributed by atoms with Crippen molar-refractivity contribution in [1.82, 2.24) is 9.55 Å². The molecular formula is C22H21Cl2N5O4. The van der Waals surface area contributed by atoms with E-state index in [9.17, 15) is 4.79 Å². The second-order valence-electron chi connectivity index (χ2n) is 7.09.